The fourth-order valence-corrected chi connectivity index (χ4v) is 4.72. The Balaban J connectivity index is 1.55. The Kier molecular flexibility index (Phi) is 3.40. The lowest BCUT2D eigenvalue weighted by Crippen LogP contribution is -2.49. The SMILES string of the molecule is O=S(=O)(C1CC1)N1CCN(Cc2cncs2)CC1. The quantitative estimate of drug-likeness (QED) is 0.820. The van der Waals surface area contributed by atoms with Gasteiger partial charge in [-0.2, -0.15) is 4.31 Å². The molecule has 0 spiro atoms. The van der Waals surface area contributed by atoms with Crippen molar-refractivity contribution >= 4 is 21.4 Å². The van der Waals surface area contributed by atoms with Crippen LogP contribution < -0.4 is 0 Å². The van der Waals surface area contributed by atoms with E-state index in [0.29, 0.717) is 13.1 Å². The van der Waals surface area contributed by atoms with Gasteiger partial charge in [-0.15, -0.1) is 11.3 Å². The zero-order chi connectivity index (χ0) is 12.6. The van der Waals surface area contributed by atoms with Crippen LogP contribution in [-0.4, -0.2) is 54.0 Å². The van der Waals surface area contributed by atoms with E-state index in [4.69, 9.17) is 0 Å². The Morgan fingerprint density at radius 2 is 2.00 bits per heavy atom. The minimum Gasteiger partial charge on any atom is -0.296 e. The second kappa shape index (κ2) is 4.88. The molecule has 0 radical (unpaired) electrons. The van der Waals surface area contributed by atoms with Gasteiger partial charge in [-0.05, 0) is 12.8 Å². The number of nitrogens with zero attached hydrogens (tertiary/aromatic N) is 3. The summed E-state index contributed by atoms with van der Waals surface area (Å²) < 4.78 is 25.8. The molecule has 1 saturated carbocycles. The largest absolute Gasteiger partial charge is 0.296 e. The summed E-state index contributed by atoms with van der Waals surface area (Å²) in [5, 5.41) is -0.0782. The molecular formula is C11H17N3O2S2. The molecule has 0 aromatic carbocycles. The van der Waals surface area contributed by atoms with Crippen LogP contribution in [-0.2, 0) is 16.6 Å². The van der Waals surface area contributed by atoms with Crippen molar-refractivity contribution in [2.45, 2.75) is 24.6 Å². The van der Waals surface area contributed by atoms with Crippen molar-refractivity contribution in [3.63, 3.8) is 0 Å². The first kappa shape index (κ1) is 12.5. The molecule has 2 fully saturated rings. The molecule has 7 heteroatoms. The summed E-state index contributed by atoms with van der Waals surface area (Å²) in [7, 11) is -2.98. The standard InChI is InChI=1S/C11H17N3O2S2/c15-18(16,11-1-2-11)14-5-3-13(4-6-14)8-10-7-12-9-17-10/h7,9,11H,1-6,8H2. The molecule has 1 aliphatic carbocycles. The lowest BCUT2D eigenvalue weighted by Gasteiger charge is -2.33. The minimum atomic E-state index is -2.98. The molecule has 0 atom stereocenters. The Morgan fingerprint density at radius 1 is 1.28 bits per heavy atom. The van der Waals surface area contributed by atoms with Gasteiger partial charge in [0.2, 0.25) is 10.0 Å². The van der Waals surface area contributed by atoms with Crippen molar-refractivity contribution in [3.05, 3.63) is 16.6 Å². The number of hydrogen-bond donors (Lipinski definition) is 0. The van der Waals surface area contributed by atoms with Gasteiger partial charge in [0, 0.05) is 43.8 Å². The second-order valence-electron chi connectivity index (χ2n) is 4.89. The molecule has 2 heterocycles. The summed E-state index contributed by atoms with van der Waals surface area (Å²) in [5.41, 5.74) is 1.84. The molecule has 100 valence electrons. The zero-order valence-electron chi connectivity index (χ0n) is 10.2. The summed E-state index contributed by atoms with van der Waals surface area (Å²) in [6, 6.07) is 0. The van der Waals surface area contributed by atoms with E-state index >= 15 is 0 Å². The third-order valence-electron chi connectivity index (χ3n) is 3.50. The van der Waals surface area contributed by atoms with E-state index in [1.807, 2.05) is 11.7 Å². The number of aromatic nitrogens is 1. The minimum absolute atomic E-state index is 0.0782. The van der Waals surface area contributed by atoms with Crippen LogP contribution in [0.15, 0.2) is 11.7 Å². The number of thiazole rings is 1. The Labute approximate surface area is 111 Å². The average molecular weight is 287 g/mol. The van der Waals surface area contributed by atoms with Crippen molar-refractivity contribution in [1.29, 1.82) is 0 Å². The van der Waals surface area contributed by atoms with Crippen LogP contribution in [0.5, 0.6) is 0 Å². The first-order chi connectivity index (χ1) is 8.66. The molecule has 2 aliphatic rings. The molecule has 1 aromatic heterocycles. The van der Waals surface area contributed by atoms with E-state index in [9.17, 15) is 8.42 Å². The molecule has 1 aromatic rings. The van der Waals surface area contributed by atoms with E-state index in [-0.39, 0.29) is 5.25 Å². The van der Waals surface area contributed by atoms with Gasteiger partial charge in [0.05, 0.1) is 10.8 Å². The van der Waals surface area contributed by atoms with E-state index in [1.165, 1.54) is 4.88 Å². The highest BCUT2D eigenvalue weighted by atomic mass is 32.2. The van der Waals surface area contributed by atoms with Gasteiger partial charge in [0.15, 0.2) is 0 Å². The topological polar surface area (TPSA) is 53.5 Å². The molecule has 18 heavy (non-hydrogen) atoms. The summed E-state index contributed by atoms with van der Waals surface area (Å²) in [5.74, 6) is 0. The van der Waals surface area contributed by atoms with E-state index in [2.05, 4.69) is 9.88 Å². The first-order valence-electron chi connectivity index (χ1n) is 6.25. The molecule has 0 bridgehead atoms. The Hall–Kier alpha value is -0.500. The maximum atomic E-state index is 12.1. The van der Waals surface area contributed by atoms with Gasteiger partial charge in [0.1, 0.15) is 0 Å². The van der Waals surface area contributed by atoms with E-state index in [1.54, 1.807) is 15.6 Å². The molecule has 0 unspecified atom stereocenters. The highest BCUT2D eigenvalue weighted by molar-refractivity contribution is 7.90. The maximum absolute atomic E-state index is 12.1. The molecule has 1 aliphatic heterocycles. The zero-order valence-corrected chi connectivity index (χ0v) is 11.8. The molecule has 5 nitrogen and oxygen atoms in total. The Bertz CT molecular complexity index is 488. The van der Waals surface area contributed by atoms with Crippen LogP contribution in [0, 0.1) is 0 Å². The Morgan fingerprint density at radius 3 is 2.56 bits per heavy atom. The second-order valence-corrected chi connectivity index (χ2v) is 8.07. The van der Waals surface area contributed by atoms with Crippen LogP contribution >= 0.6 is 11.3 Å². The van der Waals surface area contributed by atoms with E-state index in [0.717, 1.165) is 32.5 Å². The van der Waals surface area contributed by atoms with Crippen molar-refractivity contribution in [3.8, 4) is 0 Å². The highest BCUT2D eigenvalue weighted by Gasteiger charge is 2.40. The van der Waals surface area contributed by atoms with Crippen molar-refractivity contribution in [1.82, 2.24) is 14.2 Å². The highest BCUT2D eigenvalue weighted by Crippen LogP contribution is 2.31. The number of hydrogen-bond acceptors (Lipinski definition) is 5. The smallest absolute Gasteiger partial charge is 0.217 e. The fraction of sp³-hybridized carbons (Fsp3) is 0.727. The number of sulfonamides is 1. The maximum Gasteiger partial charge on any atom is 0.217 e. The molecule has 0 amide bonds. The molecule has 3 rings (SSSR count). The predicted octanol–water partition coefficient (Wildman–Crippen LogP) is 0.753. The van der Waals surface area contributed by atoms with Crippen LogP contribution in [0.2, 0.25) is 0 Å². The summed E-state index contributed by atoms with van der Waals surface area (Å²) in [4.78, 5) is 7.60. The monoisotopic (exact) mass is 287 g/mol. The van der Waals surface area contributed by atoms with Crippen molar-refractivity contribution < 1.29 is 8.42 Å². The molecule has 1 saturated heterocycles. The number of rotatable bonds is 4. The van der Waals surface area contributed by atoms with Gasteiger partial charge in [-0.1, -0.05) is 0 Å². The molecule has 0 N–H and O–H groups in total. The van der Waals surface area contributed by atoms with Crippen molar-refractivity contribution in [2.24, 2.45) is 0 Å². The third-order valence-corrected chi connectivity index (χ3v) is 6.66. The van der Waals surface area contributed by atoms with Gasteiger partial charge in [0.25, 0.3) is 0 Å². The summed E-state index contributed by atoms with van der Waals surface area (Å²) >= 11 is 1.65. The van der Waals surface area contributed by atoms with Gasteiger partial charge < -0.3 is 0 Å². The van der Waals surface area contributed by atoms with Gasteiger partial charge in [-0.3, -0.25) is 9.88 Å². The summed E-state index contributed by atoms with van der Waals surface area (Å²) in [6.07, 6.45) is 3.59. The van der Waals surface area contributed by atoms with Gasteiger partial charge >= 0.3 is 0 Å². The molecular weight excluding hydrogens is 270 g/mol. The fourth-order valence-electron chi connectivity index (χ4n) is 2.26. The normalized spacial score (nSPS) is 23.3. The lowest BCUT2D eigenvalue weighted by atomic mass is 10.3. The summed E-state index contributed by atoms with van der Waals surface area (Å²) in [6.45, 7) is 3.81. The van der Waals surface area contributed by atoms with Crippen LogP contribution in [0.1, 0.15) is 17.7 Å². The van der Waals surface area contributed by atoms with Gasteiger partial charge in [-0.25, -0.2) is 8.42 Å². The van der Waals surface area contributed by atoms with Crippen LogP contribution in [0.4, 0.5) is 0 Å². The van der Waals surface area contributed by atoms with Crippen LogP contribution in [0.25, 0.3) is 0 Å². The first-order valence-corrected chi connectivity index (χ1v) is 8.63. The van der Waals surface area contributed by atoms with Crippen molar-refractivity contribution in [2.75, 3.05) is 26.2 Å². The number of piperazine rings is 1. The average Bonchev–Trinajstić information content (AvgIpc) is 3.11. The van der Waals surface area contributed by atoms with Crippen LogP contribution in [0.3, 0.4) is 0 Å². The van der Waals surface area contributed by atoms with E-state index < -0.39 is 10.0 Å². The predicted molar refractivity (Wildman–Crippen MR) is 70.9 cm³/mol. The lowest BCUT2D eigenvalue weighted by molar-refractivity contribution is 0.182. The third kappa shape index (κ3) is 2.59.